The van der Waals surface area contributed by atoms with Crippen molar-refractivity contribution in [1.29, 1.82) is 0 Å². The standard InChI is InChI=1S/C23H32N4O2/c1-25-21-11-15-27(23(28)19-8-12-26(13-9-19)16-17-29-2)14-10-20(21)22(24-25)18-6-4-3-5-7-18/h3-7,19H,8-17H2,1-2H3. The van der Waals surface area contributed by atoms with Gasteiger partial charge >= 0.3 is 0 Å². The number of methoxy groups -OCH3 is 1. The van der Waals surface area contributed by atoms with Crippen LogP contribution in [0.3, 0.4) is 0 Å². The Hall–Kier alpha value is -2.18. The Morgan fingerprint density at radius 2 is 1.83 bits per heavy atom. The lowest BCUT2D eigenvalue weighted by atomic mass is 9.95. The molecule has 2 aromatic rings. The van der Waals surface area contributed by atoms with Gasteiger partial charge in [-0.05, 0) is 32.4 Å². The summed E-state index contributed by atoms with van der Waals surface area (Å²) in [6.07, 6.45) is 3.68. The molecule has 0 bridgehead atoms. The lowest BCUT2D eigenvalue weighted by molar-refractivity contribution is -0.137. The summed E-state index contributed by atoms with van der Waals surface area (Å²) in [6, 6.07) is 10.4. The molecule has 4 rings (SSSR count). The van der Waals surface area contributed by atoms with Crippen molar-refractivity contribution in [3.8, 4) is 11.3 Å². The van der Waals surface area contributed by atoms with E-state index in [-0.39, 0.29) is 5.92 Å². The second kappa shape index (κ2) is 9.09. The van der Waals surface area contributed by atoms with E-state index in [1.807, 2.05) is 17.8 Å². The van der Waals surface area contributed by atoms with Crippen molar-refractivity contribution in [3.05, 3.63) is 41.6 Å². The largest absolute Gasteiger partial charge is 0.383 e. The van der Waals surface area contributed by atoms with E-state index < -0.39 is 0 Å². The molecule has 1 amide bonds. The Morgan fingerprint density at radius 3 is 2.55 bits per heavy atom. The van der Waals surface area contributed by atoms with Gasteiger partial charge in [0.25, 0.3) is 0 Å². The average Bonchev–Trinajstić information content (AvgIpc) is 2.93. The van der Waals surface area contributed by atoms with Crippen molar-refractivity contribution in [1.82, 2.24) is 19.6 Å². The fraction of sp³-hybridized carbons (Fsp3) is 0.565. The number of hydrogen-bond acceptors (Lipinski definition) is 4. The van der Waals surface area contributed by atoms with Crippen LogP contribution in [-0.4, -0.2) is 71.9 Å². The monoisotopic (exact) mass is 396 g/mol. The van der Waals surface area contributed by atoms with Crippen molar-refractivity contribution in [2.75, 3.05) is 46.4 Å². The van der Waals surface area contributed by atoms with Crippen LogP contribution in [-0.2, 0) is 29.4 Å². The number of ether oxygens (including phenoxy) is 1. The van der Waals surface area contributed by atoms with Gasteiger partial charge in [-0.3, -0.25) is 9.48 Å². The number of aryl methyl sites for hydroxylation is 1. The Kier molecular flexibility index (Phi) is 6.31. The molecule has 1 fully saturated rings. The second-order valence-corrected chi connectivity index (χ2v) is 8.20. The predicted octanol–water partition coefficient (Wildman–Crippen LogP) is 2.37. The van der Waals surface area contributed by atoms with Crippen LogP contribution >= 0.6 is 0 Å². The molecule has 3 heterocycles. The summed E-state index contributed by atoms with van der Waals surface area (Å²) in [5.41, 5.74) is 4.81. The molecule has 0 N–H and O–H groups in total. The lowest BCUT2D eigenvalue weighted by Crippen LogP contribution is -2.44. The van der Waals surface area contributed by atoms with Gasteiger partial charge in [0.15, 0.2) is 0 Å². The van der Waals surface area contributed by atoms with Crippen LogP contribution in [0, 0.1) is 5.92 Å². The van der Waals surface area contributed by atoms with E-state index in [1.165, 1.54) is 11.3 Å². The average molecular weight is 397 g/mol. The van der Waals surface area contributed by atoms with E-state index >= 15 is 0 Å². The summed E-state index contributed by atoms with van der Waals surface area (Å²) in [5.74, 6) is 0.514. The third kappa shape index (κ3) is 4.38. The zero-order valence-electron chi connectivity index (χ0n) is 17.6. The molecule has 0 radical (unpaired) electrons. The number of hydrogen-bond donors (Lipinski definition) is 0. The molecule has 156 valence electrons. The first-order valence-electron chi connectivity index (χ1n) is 10.8. The highest BCUT2D eigenvalue weighted by molar-refractivity contribution is 5.79. The number of carbonyl (C=O) groups excluding carboxylic acids is 1. The summed E-state index contributed by atoms with van der Waals surface area (Å²) in [5, 5.41) is 4.79. The summed E-state index contributed by atoms with van der Waals surface area (Å²) >= 11 is 0. The molecule has 0 aliphatic carbocycles. The number of fused-ring (bicyclic) bond motifs is 1. The molecule has 6 nitrogen and oxygen atoms in total. The fourth-order valence-electron chi connectivity index (χ4n) is 4.71. The van der Waals surface area contributed by atoms with Crippen LogP contribution in [0.15, 0.2) is 30.3 Å². The molecule has 1 saturated heterocycles. The minimum absolute atomic E-state index is 0.168. The zero-order chi connectivity index (χ0) is 20.2. The molecule has 2 aliphatic rings. The molecule has 2 aliphatic heterocycles. The Morgan fingerprint density at radius 1 is 1.10 bits per heavy atom. The summed E-state index contributed by atoms with van der Waals surface area (Å²) in [4.78, 5) is 17.7. The van der Waals surface area contributed by atoms with Gasteiger partial charge in [0.05, 0.1) is 12.3 Å². The van der Waals surface area contributed by atoms with Crippen molar-refractivity contribution >= 4 is 5.91 Å². The quantitative estimate of drug-likeness (QED) is 0.779. The lowest BCUT2D eigenvalue weighted by Gasteiger charge is -2.33. The smallest absolute Gasteiger partial charge is 0.225 e. The Balaban J connectivity index is 1.41. The number of likely N-dealkylation sites (tertiary alicyclic amines) is 1. The van der Waals surface area contributed by atoms with E-state index in [2.05, 4.69) is 34.1 Å². The number of nitrogens with zero attached hydrogens (tertiary/aromatic N) is 4. The molecular formula is C23H32N4O2. The van der Waals surface area contributed by atoms with Crippen molar-refractivity contribution in [2.24, 2.45) is 13.0 Å². The maximum Gasteiger partial charge on any atom is 0.225 e. The third-order valence-corrected chi connectivity index (χ3v) is 6.43. The number of benzene rings is 1. The number of amides is 1. The van der Waals surface area contributed by atoms with E-state index in [4.69, 9.17) is 9.84 Å². The van der Waals surface area contributed by atoms with Gasteiger partial charge in [-0.15, -0.1) is 0 Å². The number of piperidine rings is 1. The SMILES string of the molecule is COCCN1CCC(C(=O)N2CCc3c(-c4ccccc4)nn(C)c3CC2)CC1. The van der Waals surface area contributed by atoms with Gasteiger partial charge in [-0.1, -0.05) is 30.3 Å². The van der Waals surface area contributed by atoms with E-state index in [0.717, 1.165) is 76.3 Å². The molecule has 29 heavy (non-hydrogen) atoms. The number of aromatic nitrogens is 2. The van der Waals surface area contributed by atoms with E-state index in [9.17, 15) is 4.79 Å². The van der Waals surface area contributed by atoms with E-state index in [0.29, 0.717) is 5.91 Å². The van der Waals surface area contributed by atoms with Crippen LogP contribution in [0.2, 0.25) is 0 Å². The maximum atomic E-state index is 13.2. The minimum Gasteiger partial charge on any atom is -0.383 e. The van der Waals surface area contributed by atoms with Crippen LogP contribution in [0.5, 0.6) is 0 Å². The van der Waals surface area contributed by atoms with Crippen molar-refractivity contribution in [2.45, 2.75) is 25.7 Å². The van der Waals surface area contributed by atoms with Crippen LogP contribution in [0.4, 0.5) is 0 Å². The first kappa shape index (κ1) is 20.1. The van der Waals surface area contributed by atoms with Gasteiger partial charge in [-0.2, -0.15) is 5.10 Å². The van der Waals surface area contributed by atoms with Crippen molar-refractivity contribution < 1.29 is 9.53 Å². The fourth-order valence-corrected chi connectivity index (χ4v) is 4.71. The first-order chi connectivity index (χ1) is 14.2. The highest BCUT2D eigenvalue weighted by Crippen LogP contribution is 2.29. The predicted molar refractivity (Wildman–Crippen MR) is 114 cm³/mol. The summed E-state index contributed by atoms with van der Waals surface area (Å²) < 4.78 is 7.19. The van der Waals surface area contributed by atoms with Crippen LogP contribution < -0.4 is 0 Å². The van der Waals surface area contributed by atoms with Crippen LogP contribution in [0.25, 0.3) is 11.3 Å². The molecule has 0 spiro atoms. The maximum absolute atomic E-state index is 13.2. The number of rotatable bonds is 5. The molecule has 1 aromatic carbocycles. The van der Waals surface area contributed by atoms with Gasteiger partial charge in [0, 0.05) is 63.0 Å². The van der Waals surface area contributed by atoms with Crippen LogP contribution in [0.1, 0.15) is 24.1 Å². The summed E-state index contributed by atoms with van der Waals surface area (Å²) in [6.45, 7) is 5.31. The van der Waals surface area contributed by atoms with Gasteiger partial charge in [0.1, 0.15) is 0 Å². The zero-order valence-corrected chi connectivity index (χ0v) is 17.6. The highest BCUT2D eigenvalue weighted by atomic mass is 16.5. The molecule has 6 heteroatoms. The van der Waals surface area contributed by atoms with Gasteiger partial charge < -0.3 is 14.5 Å². The highest BCUT2D eigenvalue weighted by Gasteiger charge is 2.30. The normalized spacial score (nSPS) is 18.5. The molecular weight excluding hydrogens is 364 g/mol. The molecule has 0 saturated carbocycles. The first-order valence-corrected chi connectivity index (χ1v) is 10.8. The molecule has 0 atom stereocenters. The Bertz CT molecular complexity index is 825. The topological polar surface area (TPSA) is 50.6 Å². The number of carbonyl (C=O) groups is 1. The van der Waals surface area contributed by atoms with Gasteiger partial charge in [0.2, 0.25) is 5.91 Å². The molecule has 1 aromatic heterocycles. The third-order valence-electron chi connectivity index (χ3n) is 6.43. The minimum atomic E-state index is 0.168. The Labute approximate surface area is 173 Å². The van der Waals surface area contributed by atoms with Crippen molar-refractivity contribution in [3.63, 3.8) is 0 Å². The summed E-state index contributed by atoms with van der Waals surface area (Å²) in [7, 11) is 3.77. The molecule has 0 unspecified atom stereocenters. The van der Waals surface area contributed by atoms with E-state index in [1.54, 1.807) is 7.11 Å². The van der Waals surface area contributed by atoms with Gasteiger partial charge in [-0.25, -0.2) is 0 Å². The second-order valence-electron chi connectivity index (χ2n) is 8.20.